The number of nitrogens with zero attached hydrogens (tertiary/aromatic N) is 4. The Morgan fingerprint density at radius 2 is 1.07 bits per heavy atom. The first kappa shape index (κ1) is 43.8. The van der Waals surface area contributed by atoms with Crippen LogP contribution in [-0.4, -0.2) is 148 Å². The van der Waals surface area contributed by atoms with E-state index in [0.29, 0.717) is 32.1 Å². The van der Waals surface area contributed by atoms with Gasteiger partial charge in [0.2, 0.25) is 17.4 Å². The third kappa shape index (κ3) is 15.4. The van der Waals surface area contributed by atoms with Gasteiger partial charge in [0.15, 0.2) is 11.6 Å². The van der Waals surface area contributed by atoms with Gasteiger partial charge >= 0.3 is 29.8 Å². The van der Waals surface area contributed by atoms with E-state index in [0.717, 1.165) is 17.5 Å². The number of ether oxygens (including phenoxy) is 1. The van der Waals surface area contributed by atoms with Crippen molar-refractivity contribution >= 4 is 29.8 Å². The summed E-state index contributed by atoms with van der Waals surface area (Å²) in [6, 6.07) is 7.13. The molecule has 0 unspecified atom stereocenters. The van der Waals surface area contributed by atoms with Crippen LogP contribution < -0.4 is 4.74 Å². The third-order valence-corrected chi connectivity index (χ3v) is 8.95. The molecule has 0 radical (unpaired) electrons. The van der Waals surface area contributed by atoms with Crippen LogP contribution in [0.25, 0.3) is 0 Å². The molecule has 4 N–H and O–H groups in total. The Hall–Kier alpha value is -4.65. The monoisotopic (exact) mass is 770 g/mol. The van der Waals surface area contributed by atoms with Gasteiger partial charge in [0, 0.05) is 64.3 Å². The van der Waals surface area contributed by atoms with E-state index < -0.39 is 64.9 Å². The van der Waals surface area contributed by atoms with Gasteiger partial charge in [-0.05, 0) is 36.8 Å². The second kappa shape index (κ2) is 21.9. The number of hydrogen-bond donors (Lipinski definition) is 4. The van der Waals surface area contributed by atoms with Crippen LogP contribution in [0.4, 0.5) is 17.6 Å². The third-order valence-electron chi connectivity index (χ3n) is 8.95. The van der Waals surface area contributed by atoms with Gasteiger partial charge in [0.25, 0.3) is 0 Å². The summed E-state index contributed by atoms with van der Waals surface area (Å²) in [4.78, 5) is 65.5. The van der Waals surface area contributed by atoms with E-state index >= 15 is 0 Å². The molecule has 3 rings (SSSR count). The van der Waals surface area contributed by atoms with Crippen LogP contribution in [0.5, 0.6) is 5.75 Å². The summed E-state index contributed by atoms with van der Waals surface area (Å²) in [5, 5.41) is 38.3. The maximum atomic E-state index is 13.8. The predicted octanol–water partition coefficient (Wildman–Crippen LogP) is 2.81. The van der Waals surface area contributed by atoms with Gasteiger partial charge in [-0.1, -0.05) is 37.1 Å². The first-order valence-corrected chi connectivity index (χ1v) is 17.5. The molecule has 54 heavy (non-hydrogen) atoms. The number of aliphatic carboxylic acids is 4. The van der Waals surface area contributed by atoms with Gasteiger partial charge in [-0.25, -0.2) is 8.78 Å². The quantitative estimate of drug-likeness (QED) is 0.0570. The lowest BCUT2D eigenvalue weighted by molar-refractivity contribution is -0.142. The molecule has 14 nitrogen and oxygen atoms in total. The number of carbonyl (C=O) groups excluding carboxylic acids is 1. The number of esters is 1. The van der Waals surface area contributed by atoms with E-state index in [1.807, 2.05) is 24.3 Å². The van der Waals surface area contributed by atoms with E-state index in [9.17, 15) is 62.0 Å². The first-order chi connectivity index (χ1) is 25.6. The van der Waals surface area contributed by atoms with Crippen LogP contribution in [0, 0.1) is 23.3 Å². The molecule has 2 aromatic carbocycles. The Morgan fingerprint density at radius 3 is 1.61 bits per heavy atom. The van der Waals surface area contributed by atoms with E-state index in [1.54, 1.807) is 19.6 Å². The molecular weight excluding hydrogens is 724 g/mol. The van der Waals surface area contributed by atoms with Crippen LogP contribution in [-0.2, 0) is 36.8 Å². The van der Waals surface area contributed by atoms with Crippen molar-refractivity contribution in [2.75, 3.05) is 72.0 Å². The molecule has 1 aliphatic heterocycles. The summed E-state index contributed by atoms with van der Waals surface area (Å²) in [5.41, 5.74) is 1.84. The smallest absolute Gasteiger partial charge is 0.317 e. The molecular formula is C36H46F4N4O10. The van der Waals surface area contributed by atoms with Crippen LogP contribution in [0.15, 0.2) is 30.3 Å². The summed E-state index contributed by atoms with van der Waals surface area (Å²) in [7, 11) is 0. The average Bonchev–Trinajstić information content (AvgIpc) is 3.09. The highest BCUT2D eigenvalue weighted by atomic mass is 19.2. The molecule has 1 fully saturated rings. The van der Waals surface area contributed by atoms with Crippen molar-refractivity contribution < 1.29 is 66.7 Å². The van der Waals surface area contributed by atoms with Crippen molar-refractivity contribution in [2.24, 2.45) is 0 Å². The van der Waals surface area contributed by atoms with Gasteiger partial charge in [-0.2, -0.15) is 8.78 Å². The van der Waals surface area contributed by atoms with Crippen LogP contribution >= 0.6 is 0 Å². The van der Waals surface area contributed by atoms with Gasteiger partial charge in [0.1, 0.15) is 0 Å². The molecule has 1 aliphatic rings. The fourth-order valence-electron chi connectivity index (χ4n) is 6.23. The van der Waals surface area contributed by atoms with Crippen LogP contribution in [0.2, 0.25) is 0 Å². The normalized spacial score (nSPS) is 17.0. The van der Waals surface area contributed by atoms with Gasteiger partial charge in [-0.15, -0.1) is 0 Å². The SMILES string of the molecule is O=C(O)CN1CCN(CC(=O)O)CCN(CC(=O)O)[C@@H](Cc2ccc(CCCCCCC(=O)Oc3c(F)c(F)cc(F)c3F)cc2)CN(CC(=O)O)CC1. The topological polar surface area (TPSA) is 188 Å². The number of rotatable bonds is 18. The minimum absolute atomic E-state index is 0.0205. The molecule has 2 aromatic rings. The lowest BCUT2D eigenvalue weighted by atomic mass is 9.99. The number of carbonyl (C=O) groups is 5. The summed E-state index contributed by atoms with van der Waals surface area (Å²) in [5.74, 6) is -13.7. The van der Waals surface area contributed by atoms with Gasteiger partial charge < -0.3 is 25.2 Å². The Labute approximate surface area is 309 Å². The number of carboxylic acid groups (broad SMARTS) is 4. The van der Waals surface area contributed by atoms with Crippen LogP contribution in [0.1, 0.15) is 43.2 Å². The lowest BCUT2D eigenvalue weighted by Gasteiger charge is -2.37. The Kier molecular flexibility index (Phi) is 17.7. The second-order valence-corrected chi connectivity index (χ2v) is 13.2. The Bertz CT molecular complexity index is 1570. The first-order valence-electron chi connectivity index (χ1n) is 17.5. The molecule has 0 aromatic heterocycles. The molecule has 1 saturated heterocycles. The number of aryl methyl sites for hydroxylation is 1. The van der Waals surface area contributed by atoms with Crippen molar-refractivity contribution in [3.05, 3.63) is 64.7 Å². The number of unbranched alkanes of at least 4 members (excludes halogenated alkanes) is 3. The number of halogens is 4. The molecule has 18 heteroatoms. The summed E-state index contributed by atoms with van der Waals surface area (Å²) in [6.07, 6.45) is 3.12. The fourth-order valence-corrected chi connectivity index (χ4v) is 6.23. The van der Waals surface area contributed by atoms with Crippen LogP contribution in [0.3, 0.4) is 0 Å². The molecule has 1 heterocycles. The van der Waals surface area contributed by atoms with Crippen molar-refractivity contribution in [3.8, 4) is 5.75 Å². The highest BCUT2D eigenvalue weighted by Crippen LogP contribution is 2.27. The molecule has 0 aliphatic carbocycles. The van der Waals surface area contributed by atoms with E-state index in [4.69, 9.17) is 0 Å². The zero-order valence-corrected chi connectivity index (χ0v) is 29.7. The van der Waals surface area contributed by atoms with Crippen molar-refractivity contribution in [3.63, 3.8) is 0 Å². The van der Waals surface area contributed by atoms with Crippen molar-refractivity contribution in [1.29, 1.82) is 0 Å². The summed E-state index contributed by atoms with van der Waals surface area (Å²) in [6.45, 7) is -0.0698. The number of benzene rings is 2. The minimum atomic E-state index is -1.79. The Balaban J connectivity index is 1.63. The zero-order valence-electron chi connectivity index (χ0n) is 29.7. The van der Waals surface area contributed by atoms with E-state index in [-0.39, 0.29) is 84.5 Å². The standard InChI is InChI=1S/C36H46F4N4O10/c37-27-18-28(38)35(40)36(34(27)39)54-33(53)6-4-2-1-3-5-24-7-9-25(10-8-24)17-26-19-43(22-31(49)50)14-13-41(20-29(45)46)11-12-42(21-30(47)48)15-16-44(26)23-32(51)52/h7-10,18,26H,1-6,11-17,19-23H2,(H,45,46)(H,47,48)(H,49,50)(H,51,52)/t26-/m0/s1. The van der Waals surface area contributed by atoms with Crippen molar-refractivity contribution in [2.45, 2.75) is 51.0 Å². The van der Waals surface area contributed by atoms with Gasteiger partial charge in [0.05, 0.1) is 26.2 Å². The minimum Gasteiger partial charge on any atom is -0.480 e. The molecule has 298 valence electrons. The fraction of sp³-hybridized carbons (Fsp3) is 0.528. The molecule has 0 spiro atoms. The Morgan fingerprint density at radius 1 is 0.611 bits per heavy atom. The predicted molar refractivity (Wildman–Crippen MR) is 184 cm³/mol. The largest absolute Gasteiger partial charge is 0.480 e. The highest BCUT2D eigenvalue weighted by Gasteiger charge is 2.28. The molecule has 0 saturated carbocycles. The average molecular weight is 771 g/mol. The van der Waals surface area contributed by atoms with E-state index in [1.165, 1.54) is 0 Å². The highest BCUT2D eigenvalue weighted by molar-refractivity contribution is 5.72. The number of hydrogen-bond acceptors (Lipinski definition) is 10. The molecule has 0 bridgehead atoms. The van der Waals surface area contributed by atoms with Gasteiger partial charge in [-0.3, -0.25) is 43.6 Å². The maximum Gasteiger partial charge on any atom is 0.317 e. The maximum absolute atomic E-state index is 13.8. The second-order valence-electron chi connectivity index (χ2n) is 13.2. The van der Waals surface area contributed by atoms with E-state index in [2.05, 4.69) is 4.74 Å². The molecule has 1 atom stereocenters. The molecule has 0 amide bonds. The van der Waals surface area contributed by atoms with Crippen molar-refractivity contribution in [1.82, 2.24) is 19.6 Å². The zero-order chi connectivity index (χ0) is 39.8. The summed E-state index contributed by atoms with van der Waals surface area (Å²) < 4.78 is 58.7. The lowest BCUT2D eigenvalue weighted by Crippen LogP contribution is -2.53. The summed E-state index contributed by atoms with van der Waals surface area (Å²) >= 11 is 0. The number of carboxylic acids is 4.